The van der Waals surface area contributed by atoms with E-state index in [1.54, 1.807) is 4.90 Å². The lowest BCUT2D eigenvalue weighted by Gasteiger charge is -2.39. The summed E-state index contributed by atoms with van der Waals surface area (Å²) in [5, 5.41) is 11.5. The number of carbonyl (C=O) groups is 1. The van der Waals surface area contributed by atoms with Crippen molar-refractivity contribution < 1.29 is 9.53 Å². The highest BCUT2D eigenvalue weighted by Crippen LogP contribution is 2.35. The molecule has 0 unspecified atom stereocenters. The Labute approximate surface area is 130 Å². The minimum absolute atomic E-state index is 0.190. The minimum atomic E-state index is -0.479. The number of thiophene rings is 1. The maximum atomic E-state index is 11.8. The minimum Gasteiger partial charge on any atom is -0.444 e. The summed E-state index contributed by atoms with van der Waals surface area (Å²) in [6.07, 6.45) is -0.301. The molecule has 21 heavy (non-hydrogen) atoms. The summed E-state index contributed by atoms with van der Waals surface area (Å²) in [7, 11) is 0. The van der Waals surface area contributed by atoms with Crippen LogP contribution in [0.1, 0.15) is 51.7 Å². The zero-order valence-electron chi connectivity index (χ0n) is 13.3. The SMILES string of the molecule is CC.CC(C)(C)OC(=O)N1CC(c2csc(N)c2C#N)C1. The third kappa shape index (κ3) is 4.11. The third-order valence-corrected chi connectivity index (χ3v) is 3.76. The number of carbonyl (C=O) groups excluding carboxylic acids is 1. The molecular weight excluding hydrogens is 286 g/mol. The first kappa shape index (κ1) is 17.3. The molecule has 0 bridgehead atoms. The van der Waals surface area contributed by atoms with Gasteiger partial charge in [0.15, 0.2) is 0 Å². The van der Waals surface area contributed by atoms with Crippen LogP contribution in [0.3, 0.4) is 0 Å². The van der Waals surface area contributed by atoms with Crippen molar-refractivity contribution in [3.63, 3.8) is 0 Å². The lowest BCUT2D eigenvalue weighted by molar-refractivity contribution is 0.00821. The number of nitrogen functional groups attached to an aromatic ring is 1. The van der Waals surface area contributed by atoms with E-state index < -0.39 is 5.60 Å². The van der Waals surface area contributed by atoms with E-state index in [1.807, 2.05) is 40.0 Å². The zero-order valence-corrected chi connectivity index (χ0v) is 14.1. The lowest BCUT2D eigenvalue weighted by Crippen LogP contribution is -2.50. The Balaban J connectivity index is 0.00000106. The van der Waals surface area contributed by atoms with Crippen LogP contribution in [-0.2, 0) is 4.74 Å². The maximum absolute atomic E-state index is 11.8. The summed E-state index contributed by atoms with van der Waals surface area (Å²) in [5.74, 6) is 0.190. The molecule has 0 atom stereocenters. The molecule has 1 saturated heterocycles. The summed E-state index contributed by atoms with van der Waals surface area (Å²) in [6, 6.07) is 2.13. The summed E-state index contributed by atoms with van der Waals surface area (Å²) < 4.78 is 5.29. The van der Waals surface area contributed by atoms with E-state index in [0.29, 0.717) is 23.7 Å². The molecule has 0 spiro atoms. The smallest absolute Gasteiger partial charge is 0.410 e. The van der Waals surface area contributed by atoms with Crippen molar-refractivity contribution in [3.05, 3.63) is 16.5 Å². The number of rotatable bonds is 1. The standard InChI is InChI=1S/C13H17N3O2S.C2H6/c1-13(2,3)18-12(17)16-5-8(6-16)10-7-19-11(15)9(10)4-14;1-2/h7-8H,5-6,15H2,1-3H3;1-2H3. The molecule has 2 rings (SSSR count). The van der Waals surface area contributed by atoms with E-state index in [1.165, 1.54) is 11.3 Å². The first-order valence-corrected chi connectivity index (χ1v) is 7.94. The summed E-state index contributed by atoms with van der Waals surface area (Å²) in [5.41, 5.74) is 6.76. The van der Waals surface area contributed by atoms with Gasteiger partial charge in [-0.05, 0) is 31.7 Å². The lowest BCUT2D eigenvalue weighted by atomic mass is 9.91. The molecule has 1 fully saturated rings. The van der Waals surface area contributed by atoms with Gasteiger partial charge in [0.05, 0.1) is 5.56 Å². The van der Waals surface area contributed by atoms with Gasteiger partial charge in [-0.25, -0.2) is 4.79 Å². The molecular formula is C15H23N3O2S. The zero-order chi connectivity index (χ0) is 16.2. The third-order valence-electron chi connectivity index (χ3n) is 2.93. The van der Waals surface area contributed by atoms with E-state index in [2.05, 4.69) is 6.07 Å². The summed E-state index contributed by atoms with van der Waals surface area (Å²) in [6.45, 7) is 10.7. The first-order chi connectivity index (χ1) is 9.81. The molecule has 1 aromatic rings. The van der Waals surface area contributed by atoms with E-state index in [0.717, 1.165) is 5.56 Å². The van der Waals surface area contributed by atoms with Gasteiger partial charge in [0.1, 0.15) is 16.7 Å². The molecule has 1 aliphatic heterocycles. The monoisotopic (exact) mass is 309 g/mol. The van der Waals surface area contributed by atoms with Crippen molar-refractivity contribution in [2.24, 2.45) is 0 Å². The van der Waals surface area contributed by atoms with Gasteiger partial charge in [0.2, 0.25) is 0 Å². The van der Waals surface area contributed by atoms with Crippen molar-refractivity contribution in [3.8, 4) is 6.07 Å². The molecule has 1 amide bonds. The van der Waals surface area contributed by atoms with Crippen LogP contribution in [-0.4, -0.2) is 29.7 Å². The average Bonchev–Trinajstić information content (AvgIpc) is 2.69. The summed E-state index contributed by atoms with van der Waals surface area (Å²) >= 11 is 1.37. The van der Waals surface area contributed by atoms with E-state index in [-0.39, 0.29) is 12.0 Å². The Bertz CT molecular complexity index is 534. The predicted molar refractivity (Wildman–Crippen MR) is 85.3 cm³/mol. The van der Waals surface area contributed by atoms with Crippen molar-refractivity contribution in [2.75, 3.05) is 18.8 Å². The highest BCUT2D eigenvalue weighted by Gasteiger charge is 2.36. The molecule has 0 saturated carbocycles. The van der Waals surface area contributed by atoms with Crippen LogP contribution < -0.4 is 5.73 Å². The second-order valence-corrected chi connectivity index (χ2v) is 6.54. The summed E-state index contributed by atoms with van der Waals surface area (Å²) in [4.78, 5) is 13.4. The molecule has 0 aromatic carbocycles. The van der Waals surface area contributed by atoms with Crippen LogP contribution in [0, 0.1) is 11.3 Å². The fourth-order valence-corrected chi connectivity index (χ4v) is 2.80. The number of nitrogens with two attached hydrogens (primary N) is 1. The Morgan fingerprint density at radius 3 is 2.52 bits per heavy atom. The van der Waals surface area contributed by atoms with Crippen LogP contribution in [0.4, 0.5) is 9.80 Å². The van der Waals surface area contributed by atoms with Gasteiger partial charge >= 0.3 is 6.09 Å². The topological polar surface area (TPSA) is 79.3 Å². The highest BCUT2D eigenvalue weighted by molar-refractivity contribution is 7.14. The molecule has 2 N–H and O–H groups in total. The molecule has 1 aromatic heterocycles. The van der Waals surface area contributed by atoms with Crippen LogP contribution >= 0.6 is 11.3 Å². The number of ether oxygens (including phenoxy) is 1. The van der Waals surface area contributed by atoms with Gasteiger partial charge in [0.25, 0.3) is 0 Å². The molecule has 5 nitrogen and oxygen atoms in total. The first-order valence-electron chi connectivity index (χ1n) is 7.06. The Kier molecular flexibility index (Phi) is 5.62. The second-order valence-electron chi connectivity index (χ2n) is 5.62. The quantitative estimate of drug-likeness (QED) is 0.860. The normalized spacial score (nSPS) is 14.6. The number of nitriles is 1. The van der Waals surface area contributed by atoms with Gasteiger partial charge in [-0.3, -0.25) is 0 Å². The van der Waals surface area contributed by atoms with Gasteiger partial charge in [-0.15, -0.1) is 11.3 Å². The van der Waals surface area contributed by atoms with Gasteiger partial charge in [-0.2, -0.15) is 5.26 Å². The molecule has 6 heteroatoms. The Morgan fingerprint density at radius 2 is 2.05 bits per heavy atom. The Hall–Kier alpha value is -1.74. The van der Waals surface area contributed by atoms with Crippen LogP contribution in [0.5, 0.6) is 0 Å². The van der Waals surface area contributed by atoms with Gasteiger partial charge in [-0.1, -0.05) is 13.8 Å². The van der Waals surface area contributed by atoms with E-state index in [9.17, 15) is 4.79 Å². The highest BCUT2D eigenvalue weighted by atomic mass is 32.1. The van der Waals surface area contributed by atoms with Gasteiger partial charge in [0, 0.05) is 19.0 Å². The van der Waals surface area contributed by atoms with E-state index >= 15 is 0 Å². The molecule has 2 heterocycles. The molecule has 1 aliphatic rings. The fourth-order valence-electron chi connectivity index (χ4n) is 1.96. The number of anilines is 1. The number of likely N-dealkylation sites (tertiary alicyclic amines) is 1. The van der Waals surface area contributed by atoms with Crippen LogP contribution in [0.2, 0.25) is 0 Å². The average molecular weight is 309 g/mol. The number of hydrogen-bond acceptors (Lipinski definition) is 5. The van der Waals surface area contributed by atoms with Crippen molar-refractivity contribution in [1.82, 2.24) is 4.90 Å². The molecule has 0 radical (unpaired) electrons. The molecule has 0 aliphatic carbocycles. The Morgan fingerprint density at radius 1 is 1.48 bits per heavy atom. The second kappa shape index (κ2) is 6.81. The fraction of sp³-hybridized carbons (Fsp3) is 0.600. The number of nitrogens with zero attached hydrogens (tertiary/aromatic N) is 2. The van der Waals surface area contributed by atoms with Crippen molar-refractivity contribution in [1.29, 1.82) is 5.26 Å². The number of hydrogen-bond donors (Lipinski definition) is 1. The maximum Gasteiger partial charge on any atom is 0.410 e. The van der Waals surface area contributed by atoms with Crippen molar-refractivity contribution in [2.45, 2.75) is 46.1 Å². The van der Waals surface area contributed by atoms with E-state index in [4.69, 9.17) is 15.7 Å². The van der Waals surface area contributed by atoms with Crippen molar-refractivity contribution >= 4 is 22.4 Å². The predicted octanol–water partition coefficient (Wildman–Crippen LogP) is 3.56. The van der Waals surface area contributed by atoms with Crippen LogP contribution in [0.15, 0.2) is 5.38 Å². The number of amides is 1. The van der Waals surface area contributed by atoms with Crippen LogP contribution in [0.25, 0.3) is 0 Å². The molecule has 116 valence electrons. The van der Waals surface area contributed by atoms with Gasteiger partial charge < -0.3 is 15.4 Å². The largest absolute Gasteiger partial charge is 0.444 e.